The molecule has 0 spiro atoms. The molecule has 10 nitrogen and oxygen atoms in total. The number of carbonyl (C=O) groups excluding carboxylic acids is 2. The predicted octanol–water partition coefficient (Wildman–Crippen LogP) is -1.97. The summed E-state index contributed by atoms with van der Waals surface area (Å²) in [5, 5.41) is 28.5. The van der Waals surface area contributed by atoms with E-state index in [0.717, 1.165) is 13.8 Å². The number of carboxylic acids is 1. The van der Waals surface area contributed by atoms with E-state index in [2.05, 4.69) is 4.74 Å². The zero-order chi connectivity index (χ0) is 16.9. The molecule has 0 bridgehead atoms. The number of ether oxygens (including phenoxy) is 4. The molecule has 0 aromatic carbocycles. The van der Waals surface area contributed by atoms with Crippen molar-refractivity contribution in [1.82, 2.24) is 0 Å². The number of aliphatic carboxylic acids is 1. The number of carboxylic acid groups (broad SMARTS) is 1. The van der Waals surface area contributed by atoms with Crippen molar-refractivity contribution in [1.29, 1.82) is 0 Å². The second kappa shape index (κ2) is 8.03. The van der Waals surface area contributed by atoms with E-state index >= 15 is 0 Å². The van der Waals surface area contributed by atoms with Gasteiger partial charge in [0.05, 0.1) is 0 Å². The minimum absolute atomic E-state index is 0.382. The van der Waals surface area contributed by atoms with Crippen LogP contribution in [0.5, 0.6) is 0 Å². The molecule has 0 aromatic heterocycles. The Morgan fingerprint density at radius 2 is 1.73 bits per heavy atom. The Labute approximate surface area is 125 Å². The van der Waals surface area contributed by atoms with Crippen molar-refractivity contribution in [3.63, 3.8) is 0 Å². The van der Waals surface area contributed by atoms with E-state index in [4.69, 9.17) is 19.3 Å². The molecular weight excluding hydrogens is 304 g/mol. The summed E-state index contributed by atoms with van der Waals surface area (Å²) in [6.07, 6.45) is -7.13. The maximum absolute atomic E-state index is 11.0. The highest BCUT2D eigenvalue weighted by Crippen LogP contribution is 2.25. The van der Waals surface area contributed by atoms with E-state index in [1.165, 1.54) is 0 Å². The summed E-state index contributed by atoms with van der Waals surface area (Å²) in [5.74, 6) is -2.71. The molecule has 5 atom stereocenters. The monoisotopic (exact) mass is 322 g/mol. The summed E-state index contributed by atoms with van der Waals surface area (Å²) < 4.78 is 19.6. The van der Waals surface area contributed by atoms with Crippen LogP contribution >= 0.6 is 0 Å². The van der Waals surface area contributed by atoms with Crippen molar-refractivity contribution >= 4 is 17.9 Å². The fourth-order valence-electron chi connectivity index (χ4n) is 1.85. The van der Waals surface area contributed by atoms with Gasteiger partial charge in [0.15, 0.2) is 12.4 Å². The highest BCUT2D eigenvalue weighted by molar-refractivity contribution is 5.68. The third kappa shape index (κ3) is 5.22. The minimum Gasteiger partial charge on any atom is -0.480 e. The second-order valence-corrected chi connectivity index (χ2v) is 4.61. The van der Waals surface area contributed by atoms with Gasteiger partial charge in [-0.05, 0) is 0 Å². The molecule has 1 aliphatic rings. The van der Waals surface area contributed by atoms with Gasteiger partial charge in [-0.3, -0.25) is 9.59 Å². The number of aliphatic hydroxyl groups excluding tert-OH is 2. The van der Waals surface area contributed by atoms with Crippen LogP contribution in [-0.2, 0) is 33.3 Å². The molecule has 1 aliphatic heterocycles. The van der Waals surface area contributed by atoms with Gasteiger partial charge in [0.2, 0.25) is 0 Å². The minimum atomic E-state index is -1.60. The fourth-order valence-corrected chi connectivity index (χ4v) is 1.85. The SMILES string of the molecule is CC(=O)OCC1OC(OCC(=O)O)C(OC(C)=O)C(O)C1O. The van der Waals surface area contributed by atoms with E-state index in [1.54, 1.807) is 0 Å². The Bertz CT molecular complexity index is 420. The van der Waals surface area contributed by atoms with Crippen LogP contribution in [0.4, 0.5) is 0 Å². The van der Waals surface area contributed by atoms with Gasteiger partial charge < -0.3 is 34.3 Å². The molecule has 0 amide bonds. The zero-order valence-corrected chi connectivity index (χ0v) is 12.0. The third-order valence-corrected chi connectivity index (χ3v) is 2.77. The first-order valence-electron chi connectivity index (χ1n) is 6.38. The zero-order valence-electron chi connectivity index (χ0n) is 12.0. The lowest BCUT2D eigenvalue weighted by molar-refractivity contribution is -0.303. The second-order valence-electron chi connectivity index (χ2n) is 4.61. The van der Waals surface area contributed by atoms with E-state index < -0.39 is 55.2 Å². The number of aliphatic hydroxyl groups is 2. The number of carbonyl (C=O) groups is 3. The van der Waals surface area contributed by atoms with Crippen molar-refractivity contribution in [3.8, 4) is 0 Å². The lowest BCUT2D eigenvalue weighted by Crippen LogP contribution is -2.60. The first-order chi connectivity index (χ1) is 10.2. The molecule has 22 heavy (non-hydrogen) atoms. The van der Waals surface area contributed by atoms with Crippen LogP contribution in [0.25, 0.3) is 0 Å². The Hall–Kier alpha value is -1.75. The molecule has 1 heterocycles. The van der Waals surface area contributed by atoms with Gasteiger partial charge in [-0.1, -0.05) is 0 Å². The molecule has 0 aliphatic carbocycles. The van der Waals surface area contributed by atoms with Crippen LogP contribution in [-0.4, -0.2) is 77.1 Å². The van der Waals surface area contributed by atoms with Crippen LogP contribution in [0.3, 0.4) is 0 Å². The average Bonchev–Trinajstić information content (AvgIpc) is 2.41. The molecule has 126 valence electrons. The fraction of sp³-hybridized carbons (Fsp3) is 0.750. The summed E-state index contributed by atoms with van der Waals surface area (Å²) >= 11 is 0. The lowest BCUT2D eigenvalue weighted by atomic mass is 9.99. The van der Waals surface area contributed by atoms with Crippen molar-refractivity contribution in [2.24, 2.45) is 0 Å². The standard InChI is InChI=1S/C12H18O10/c1-5(13)19-3-7-9(17)10(18)11(21-6(2)14)12(22-7)20-4-8(15)16/h7,9-12,17-18H,3-4H2,1-2H3,(H,15,16). The van der Waals surface area contributed by atoms with Crippen molar-refractivity contribution < 1.29 is 48.7 Å². The summed E-state index contributed by atoms with van der Waals surface area (Å²) in [5.41, 5.74) is 0. The third-order valence-electron chi connectivity index (χ3n) is 2.77. The highest BCUT2D eigenvalue weighted by Gasteiger charge is 2.47. The van der Waals surface area contributed by atoms with Crippen LogP contribution in [0.15, 0.2) is 0 Å². The van der Waals surface area contributed by atoms with Crippen LogP contribution in [0.2, 0.25) is 0 Å². The van der Waals surface area contributed by atoms with E-state index in [9.17, 15) is 24.6 Å². The van der Waals surface area contributed by atoms with Crippen molar-refractivity contribution in [2.75, 3.05) is 13.2 Å². The topological polar surface area (TPSA) is 149 Å². The number of rotatable bonds is 6. The molecule has 1 rings (SSSR count). The molecule has 1 saturated heterocycles. The van der Waals surface area contributed by atoms with Crippen molar-refractivity contribution in [2.45, 2.75) is 44.6 Å². The number of esters is 2. The first-order valence-corrected chi connectivity index (χ1v) is 6.38. The van der Waals surface area contributed by atoms with Gasteiger partial charge >= 0.3 is 17.9 Å². The highest BCUT2D eigenvalue weighted by atomic mass is 16.7. The predicted molar refractivity (Wildman–Crippen MR) is 66.4 cm³/mol. The van der Waals surface area contributed by atoms with Gasteiger partial charge in [-0.15, -0.1) is 0 Å². The maximum Gasteiger partial charge on any atom is 0.329 e. The molecular formula is C12H18O10. The smallest absolute Gasteiger partial charge is 0.329 e. The molecule has 0 aromatic rings. The van der Waals surface area contributed by atoms with Gasteiger partial charge in [-0.2, -0.15) is 0 Å². The van der Waals surface area contributed by atoms with Gasteiger partial charge in [0.1, 0.15) is 31.5 Å². The molecule has 0 saturated carbocycles. The summed E-state index contributed by atoms with van der Waals surface area (Å²) in [6, 6.07) is 0. The number of hydrogen-bond acceptors (Lipinski definition) is 9. The maximum atomic E-state index is 11.0. The van der Waals surface area contributed by atoms with Gasteiger partial charge in [0, 0.05) is 13.8 Å². The van der Waals surface area contributed by atoms with E-state index in [1.807, 2.05) is 0 Å². The Kier molecular flexibility index (Phi) is 6.68. The summed E-state index contributed by atoms with van der Waals surface area (Å²) in [6.45, 7) is 1.06. The average molecular weight is 322 g/mol. The largest absolute Gasteiger partial charge is 0.480 e. The van der Waals surface area contributed by atoms with Crippen molar-refractivity contribution in [3.05, 3.63) is 0 Å². The Morgan fingerprint density at radius 3 is 2.23 bits per heavy atom. The first kappa shape index (κ1) is 18.3. The normalized spacial score (nSPS) is 31.4. The molecule has 5 unspecified atom stereocenters. The Balaban J connectivity index is 2.81. The van der Waals surface area contributed by atoms with Gasteiger partial charge in [-0.25, -0.2) is 4.79 Å². The summed E-state index contributed by atoms with van der Waals surface area (Å²) in [7, 11) is 0. The lowest BCUT2D eigenvalue weighted by Gasteiger charge is -2.41. The van der Waals surface area contributed by atoms with Crippen LogP contribution < -0.4 is 0 Å². The molecule has 1 fully saturated rings. The molecule has 10 heteroatoms. The van der Waals surface area contributed by atoms with E-state index in [-0.39, 0.29) is 6.61 Å². The van der Waals surface area contributed by atoms with Gasteiger partial charge in [0.25, 0.3) is 0 Å². The Morgan fingerprint density at radius 1 is 1.09 bits per heavy atom. The van der Waals surface area contributed by atoms with Crippen LogP contribution in [0.1, 0.15) is 13.8 Å². The van der Waals surface area contributed by atoms with Crippen LogP contribution in [0, 0.1) is 0 Å². The molecule has 3 N–H and O–H groups in total. The summed E-state index contributed by atoms with van der Waals surface area (Å²) in [4.78, 5) is 32.4. The van der Waals surface area contributed by atoms with E-state index in [0.29, 0.717) is 0 Å². The quantitative estimate of drug-likeness (QED) is 0.470. The molecule has 0 radical (unpaired) electrons. The number of hydrogen-bond donors (Lipinski definition) is 3.